The molecule has 0 aromatic carbocycles. The Labute approximate surface area is 123 Å². The summed E-state index contributed by atoms with van der Waals surface area (Å²) >= 11 is 6.35. The van der Waals surface area contributed by atoms with Crippen LogP contribution in [0.1, 0.15) is 38.6 Å². The Kier molecular flexibility index (Phi) is 7.04. The van der Waals surface area contributed by atoms with Gasteiger partial charge in [0.15, 0.2) is 0 Å². The van der Waals surface area contributed by atoms with Crippen LogP contribution in [0.4, 0.5) is 0 Å². The molecule has 0 saturated carbocycles. The molecule has 0 aliphatic carbocycles. The molecule has 0 radical (unpaired) electrons. The van der Waals surface area contributed by atoms with Crippen molar-refractivity contribution in [1.29, 1.82) is 0 Å². The van der Waals surface area contributed by atoms with Gasteiger partial charge in [-0.3, -0.25) is 8.89 Å². The van der Waals surface area contributed by atoms with Crippen LogP contribution >= 0.6 is 11.6 Å². The molecule has 1 aromatic heterocycles. The van der Waals surface area contributed by atoms with Gasteiger partial charge in [-0.25, -0.2) is 0 Å². The number of hydrogen-bond donors (Lipinski definition) is 1. The normalized spacial score (nSPS) is 14.6. The topological polar surface area (TPSA) is 46.9 Å². The second-order valence-electron chi connectivity index (χ2n) is 4.72. The van der Waals surface area contributed by atoms with Crippen molar-refractivity contribution in [1.82, 2.24) is 15.1 Å². The average Bonchev–Trinajstić information content (AvgIpc) is 2.69. The lowest BCUT2D eigenvalue weighted by Gasteiger charge is -2.14. The van der Waals surface area contributed by atoms with Gasteiger partial charge in [0.25, 0.3) is 0 Å². The first kappa shape index (κ1) is 16.7. The molecule has 110 valence electrons. The van der Waals surface area contributed by atoms with Crippen molar-refractivity contribution in [2.45, 2.75) is 52.7 Å². The highest BCUT2D eigenvalue weighted by Gasteiger charge is 2.14. The zero-order chi connectivity index (χ0) is 14.4. The number of nitrogens with one attached hydrogen (secondary N) is 1. The van der Waals surface area contributed by atoms with E-state index in [1.54, 1.807) is 6.26 Å². The van der Waals surface area contributed by atoms with Crippen molar-refractivity contribution in [2.75, 3.05) is 12.0 Å². The molecule has 1 N–H and O–H groups in total. The summed E-state index contributed by atoms with van der Waals surface area (Å²) in [7, 11) is -0.726. The first-order valence-electron chi connectivity index (χ1n) is 6.77. The summed E-state index contributed by atoms with van der Waals surface area (Å²) in [5, 5.41) is 8.70. The Morgan fingerprint density at radius 1 is 1.47 bits per heavy atom. The molecule has 0 saturated heterocycles. The van der Waals surface area contributed by atoms with Crippen LogP contribution < -0.4 is 5.32 Å². The zero-order valence-electron chi connectivity index (χ0n) is 12.2. The van der Waals surface area contributed by atoms with Crippen molar-refractivity contribution in [3.05, 3.63) is 16.4 Å². The maximum absolute atomic E-state index is 11.1. The fourth-order valence-corrected chi connectivity index (χ4v) is 2.92. The lowest BCUT2D eigenvalue weighted by atomic mass is 10.2. The van der Waals surface area contributed by atoms with Gasteiger partial charge in [-0.05, 0) is 26.7 Å². The largest absolute Gasteiger partial charge is 0.309 e. The van der Waals surface area contributed by atoms with Crippen LogP contribution in [0.15, 0.2) is 0 Å². The molecule has 2 unspecified atom stereocenters. The maximum atomic E-state index is 11.1. The number of nitrogens with zero attached hydrogens (tertiary/aromatic N) is 2. The highest BCUT2D eigenvalue weighted by Crippen LogP contribution is 2.21. The van der Waals surface area contributed by atoms with Crippen LogP contribution in [-0.4, -0.2) is 32.0 Å². The fraction of sp³-hybridized carbons (Fsp3) is 0.769. The summed E-state index contributed by atoms with van der Waals surface area (Å²) in [6, 6.07) is 0.324. The van der Waals surface area contributed by atoms with Crippen molar-refractivity contribution in [3.63, 3.8) is 0 Å². The molecule has 0 spiro atoms. The fourth-order valence-electron chi connectivity index (χ4n) is 1.90. The molecule has 0 amide bonds. The Hall–Kier alpha value is -0.390. The second-order valence-corrected chi connectivity index (χ2v) is 6.66. The van der Waals surface area contributed by atoms with Gasteiger partial charge in [0, 0.05) is 41.9 Å². The molecule has 6 heteroatoms. The van der Waals surface area contributed by atoms with Crippen LogP contribution in [-0.2, 0) is 30.3 Å². The van der Waals surface area contributed by atoms with Gasteiger partial charge in [-0.1, -0.05) is 18.5 Å². The van der Waals surface area contributed by atoms with Crippen LogP contribution in [0, 0.1) is 0 Å². The Morgan fingerprint density at radius 3 is 2.68 bits per heavy atom. The molecule has 4 nitrogen and oxygen atoms in total. The molecule has 0 aliphatic heterocycles. The maximum Gasteiger partial charge on any atom is 0.0863 e. The third-order valence-corrected chi connectivity index (χ3v) is 4.40. The highest BCUT2D eigenvalue weighted by atomic mass is 35.5. The van der Waals surface area contributed by atoms with Crippen molar-refractivity contribution >= 4 is 22.4 Å². The first-order chi connectivity index (χ1) is 8.99. The van der Waals surface area contributed by atoms with Gasteiger partial charge in [0.1, 0.15) is 0 Å². The molecular weight excluding hydrogens is 282 g/mol. The first-order valence-corrected chi connectivity index (χ1v) is 8.87. The van der Waals surface area contributed by atoms with Gasteiger partial charge in [0.05, 0.1) is 16.4 Å². The lowest BCUT2D eigenvalue weighted by Crippen LogP contribution is -2.28. The van der Waals surface area contributed by atoms with Crippen LogP contribution in [0.2, 0.25) is 5.02 Å². The van der Waals surface area contributed by atoms with E-state index in [-0.39, 0.29) is 0 Å². The van der Waals surface area contributed by atoms with Gasteiger partial charge >= 0.3 is 0 Å². The second kappa shape index (κ2) is 8.02. The van der Waals surface area contributed by atoms with E-state index in [1.165, 1.54) is 0 Å². The summed E-state index contributed by atoms with van der Waals surface area (Å²) in [5.74, 6) is 0.731. The summed E-state index contributed by atoms with van der Waals surface area (Å²) in [4.78, 5) is 0. The van der Waals surface area contributed by atoms with E-state index in [0.717, 1.165) is 41.5 Å². The van der Waals surface area contributed by atoms with Gasteiger partial charge in [0.2, 0.25) is 0 Å². The van der Waals surface area contributed by atoms with Crippen LogP contribution in [0.5, 0.6) is 0 Å². The quantitative estimate of drug-likeness (QED) is 0.802. The number of rotatable bonds is 8. The minimum Gasteiger partial charge on any atom is -0.309 e. The van der Waals surface area contributed by atoms with Crippen LogP contribution in [0.25, 0.3) is 0 Å². The number of halogens is 1. The molecule has 1 heterocycles. The standard InChI is InChI=1S/C13H24ClN3OS/c1-5-11-13(14)12(17(6-2)16-11)9-15-10(3)7-8-19(4)18/h10,15H,5-9H2,1-4H3. The van der Waals surface area contributed by atoms with E-state index in [4.69, 9.17) is 11.6 Å². The van der Waals surface area contributed by atoms with Gasteiger partial charge in [-0.2, -0.15) is 5.10 Å². The van der Waals surface area contributed by atoms with Crippen molar-refractivity contribution < 1.29 is 4.21 Å². The van der Waals surface area contributed by atoms with E-state index in [2.05, 4.69) is 31.2 Å². The Balaban J connectivity index is 2.61. The van der Waals surface area contributed by atoms with E-state index in [0.29, 0.717) is 12.6 Å². The molecule has 0 bridgehead atoms. The molecule has 19 heavy (non-hydrogen) atoms. The van der Waals surface area contributed by atoms with Crippen LogP contribution in [0.3, 0.4) is 0 Å². The molecule has 1 rings (SSSR count). The van der Waals surface area contributed by atoms with E-state index in [1.807, 2.05) is 4.68 Å². The predicted molar refractivity (Wildman–Crippen MR) is 82.1 cm³/mol. The van der Waals surface area contributed by atoms with E-state index >= 15 is 0 Å². The minimum atomic E-state index is -0.726. The molecule has 1 aromatic rings. The molecule has 0 aliphatic rings. The van der Waals surface area contributed by atoms with Crippen molar-refractivity contribution in [3.8, 4) is 0 Å². The van der Waals surface area contributed by atoms with Crippen molar-refractivity contribution in [2.24, 2.45) is 0 Å². The van der Waals surface area contributed by atoms with Gasteiger partial charge in [-0.15, -0.1) is 0 Å². The van der Waals surface area contributed by atoms with E-state index < -0.39 is 10.8 Å². The lowest BCUT2D eigenvalue weighted by molar-refractivity contribution is 0.506. The summed E-state index contributed by atoms with van der Waals surface area (Å²) in [6.07, 6.45) is 3.49. The third kappa shape index (κ3) is 4.89. The number of aromatic nitrogens is 2. The van der Waals surface area contributed by atoms with E-state index in [9.17, 15) is 4.21 Å². The molecular formula is C13H24ClN3OS. The Bertz CT molecular complexity index is 434. The average molecular weight is 306 g/mol. The third-order valence-electron chi connectivity index (χ3n) is 3.15. The smallest absolute Gasteiger partial charge is 0.0863 e. The summed E-state index contributed by atoms with van der Waals surface area (Å²) in [6.45, 7) is 7.76. The molecule has 2 atom stereocenters. The predicted octanol–water partition coefficient (Wildman–Crippen LogP) is 2.37. The summed E-state index contributed by atoms with van der Waals surface area (Å²) < 4.78 is 13.0. The monoisotopic (exact) mass is 305 g/mol. The highest BCUT2D eigenvalue weighted by molar-refractivity contribution is 7.84. The zero-order valence-corrected chi connectivity index (χ0v) is 13.8. The number of hydrogen-bond acceptors (Lipinski definition) is 3. The number of aryl methyl sites for hydroxylation is 2. The van der Waals surface area contributed by atoms with Gasteiger partial charge < -0.3 is 5.32 Å². The SMILES string of the molecule is CCc1nn(CC)c(CNC(C)CCS(C)=O)c1Cl. The molecule has 0 fully saturated rings. The Morgan fingerprint density at radius 2 is 2.16 bits per heavy atom. The summed E-state index contributed by atoms with van der Waals surface area (Å²) in [5.41, 5.74) is 2.01. The minimum absolute atomic E-state index is 0.324.